The summed E-state index contributed by atoms with van der Waals surface area (Å²) in [6.07, 6.45) is 2.88. The van der Waals surface area contributed by atoms with Crippen LogP contribution >= 0.6 is 0 Å². The lowest BCUT2D eigenvalue weighted by molar-refractivity contribution is -0.124. The molecule has 0 saturated carbocycles. The molecule has 0 aliphatic carbocycles. The smallest absolute Gasteiger partial charge is 0.243 e. The highest BCUT2D eigenvalue weighted by molar-refractivity contribution is 6.01. The molecular formula is C15H17N3O2. The largest absolute Gasteiger partial charge is 0.347 e. The number of aromatic nitrogens is 1. The molecule has 5 heteroatoms. The van der Waals surface area contributed by atoms with Crippen LogP contribution in [0, 0.1) is 0 Å². The van der Waals surface area contributed by atoms with Crippen LogP contribution in [0.2, 0.25) is 0 Å². The average molecular weight is 271 g/mol. The standard InChI is InChI=1S/C15H17N3O2/c1-2-5-13(19)17-10-14(20)18-12-8-3-6-11-7-4-9-16-15(11)12/h3-4,6-9H,2,5,10H2,1H3,(H,17,19)(H,18,20). The maximum atomic E-state index is 11.8. The number of carbonyl (C=O) groups excluding carboxylic acids is 2. The fourth-order valence-corrected chi connectivity index (χ4v) is 1.89. The van der Waals surface area contributed by atoms with Crippen LogP contribution in [0.5, 0.6) is 0 Å². The Balaban J connectivity index is 2.01. The SMILES string of the molecule is CCCC(=O)NCC(=O)Nc1cccc2cccnc12. The molecule has 0 saturated heterocycles. The van der Waals surface area contributed by atoms with Gasteiger partial charge in [0.2, 0.25) is 11.8 Å². The summed E-state index contributed by atoms with van der Waals surface area (Å²) in [4.78, 5) is 27.4. The second kappa shape index (κ2) is 6.65. The van der Waals surface area contributed by atoms with E-state index in [1.54, 1.807) is 12.3 Å². The summed E-state index contributed by atoms with van der Waals surface area (Å²) in [5, 5.41) is 6.31. The van der Waals surface area contributed by atoms with Crippen LogP contribution in [0.3, 0.4) is 0 Å². The van der Waals surface area contributed by atoms with E-state index in [4.69, 9.17) is 0 Å². The van der Waals surface area contributed by atoms with Crippen molar-refractivity contribution in [1.82, 2.24) is 10.3 Å². The molecule has 104 valence electrons. The summed E-state index contributed by atoms with van der Waals surface area (Å²) >= 11 is 0. The number of amides is 2. The monoisotopic (exact) mass is 271 g/mol. The molecule has 1 aromatic carbocycles. The molecule has 0 fully saturated rings. The Morgan fingerprint density at radius 1 is 1.15 bits per heavy atom. The third-order valence-corrected chi connectivity index (χ3v) is 2.83. The third kappa shape index (κ3) is 3.54. The van der Waals surface area contributed by atoms with Crippen molar-refractivity contribution < 1.29 is 9.59 Å². The van der Waals surface area contributed by atoms with Crippen LogP contribution in [-0.4, -0.2) is 23.3 Å². The quantitative estimate of drug-likeness (QED) is 0.874. The molecule has 0 aliphatic heterocycles. The van der Waals surface area contributed by atoms with Gasteiger partial charge in [0.05, 0.1) is 17.7 Å². The van der Waals surface area contributed by atoms with Crippen molar-refractivity contribution in [2.24, 2.45) is 0 Å². The van der Waals surface area contributed by atoms with Gasteiger partial charge >= 0.3 is 0 Å². The minimum atomic E-state index is -0.257. The molecule has 0 bridgehead atoms. The molecule has 5 nitrogen and oxygen atoms in total. The third-order valence-electron chi connectivity index (χ3n) is 2.83. The second-order valence-corrected chi connectivity index (χ2v) is 4.46. The predicted molar refractivity (Wildman–Crippen MR) is 78.3 cm³/mol. The highest BCUT2D eigenvalue weighted by Crippen LogP contribution is 2.20. The average Bonchev–Trinajstić information content (AvgIpc) is 2.46. The molecule has 1 aromatic heterocycles. The van der Waals surface area contributed by atoms with Crippen molar-refractivity contribution in [1.29, 1.82) is 0 Å². The number of nitrogens with zero attached hydrogens (tertiary/aromatic N) is 1. The van der Waals surface area contributed by atoms with Gasteiger partial charge in [0, 0.05) is 18.0 Å². The summed E-state index contributed by atoms with van der Waals surface area (Å²) in [6.45, 7) is 1.89. The Hall–Kier alpha value is -2.43. The van der Waals surface area contributed by atoms with Crippen molar-refractivity contribution in [2.75, 3.05) is 11.9 Å². The van der Waals surface area contributed by atoms with Crippen LogP contribution in [0.4, 0.5) is 5.69 Å². The molecule has 1 heterocycles. The number of nitrogens with one attached hydrogen (secondary N) is 2. The fraction of sp³-hybridized carbons (Fsp3) is 0.267. The van der Waals surface area contributed by atoms with E-state index in [2.05, 4.69) is 15.6 Å². The zero-order chi connectivity index (χ0) is 14.4. The number of carbonyl (C=O) groups is 2. The van der Waals surface area contributed by atoms with Crippen molar-refractivity contribution >= 4 is 28.4 Å². The van der Waals surface area contributed by atoms with Gasteiger partial charge in [-0.05, 0) is 18.6 Å². The maximum absolute atomic E-state index is 11.8. The van der Waals surface area contributed by atoms with Crippen LogP contribution in [-0.2, 0) is 9.59 Å². The number of para-hydroxylation sites is 1. The van der Waals surface area contributed by atoms with E-state index in [9.17, 15) is 9.59 Å². The molecule has 2 aromatic rings. The lowest BCUT2D eigenvalue weighted by atomic mass is 10.2. The molecule has 2 N–H and O–H groups in total. The first kappa shape index (κ1) is 14.0. The number of fused-ring (bicyclic) bond motifs is 1. The van der Waals surface area contributed by atoms with Gasteiger partial charge in [-0.25, -0.2) is 0 Å². The maximum Gasteiger partial charge on any atom is 0.243 e. The van der Waals surface area contributed by atoms with Crippen molar-refractivity contribution in [3.05, 3.63) is 36.5 Å². The molecule has 20 heavy (non-hydrogen) atoms. The second-order valence-electron chi connectivity index (χ2n) is 4.46. The van der Waals surface area contributed by atoms with Gasteiger partial charge in [0.15, 0.2) is 0 Å². The fourth-order valence-electron chi connectivity index (χ4n) is 1.89. The number of hydrogen-bond donors (Lipinski definition) is 2. The van der Waals surface area contributed by atoms with Gasteiger partial charge in [-0.1, -0.05) is 25.1 Å². The van der Waals surface area contributed by atoms with E-state index in [0.717, 1.165) is 17.3 Å². The minimum absolute atomic E-state index is 0.0257. The van der Waals surface area contributed by atoms with Gasteiger partial charge in [0.25, 0.3) is 0 Å². The van der Waals surface area contributed by atoms with E-state index in [0.29, 0.717) is 12.1 Å². The topological polar surface area (TPSA) is 71.1 Å². The van der Waals surface area contributed by atoms with E-state index < -0.39 is 0 Å². The first-order valence-electron chi connectivity index (χ1n) is 6.61. The van der Waals surface area contributed by atoms with Gasteiger partial charge in [-0.15, -0.1) is 0 Å². The molecule has 0 spiro atoms. The summed E-state index contributed by atoms with van der Waals surface area (Å²) < 4.78 is 0. The lowest BCUT2D eigenvalue weighted by Gasteiger charge is -2.08. The van der Waals surface area contributed by atoms with Crippen molar-refractivity contribution in [2.45, 2.75) is 19.8 Å². The Morgan fingerprint density at radius 2 is 1.95 bits per heavy atom. The molecule has 0 unspecified atom stereocenters. The normalized spacial score (nSPS) is 10.2. The Labute approximate surface area is 117 Å². The Bertz CT molecular complexity index is 620. The Morgan fingerprint density at radius 3 is 2.75 bits per heavy atom. The van der Waals surface area contributed by atoms with Gasteiger partial charge in [-0.2, -0.15) is 0 Å². The molecule has 0 atom stereocenters. The highest BCUT2D eigenvalue weighted by Gasteiger charge is 2.07. The summed E-state index contributed by atoms with van der Waals surface area (Å²) in [7, 11) is 0. The first-order chi connectivity index (χ1) is 9.70. The Kier molecular flexibility index (Phi) is 4.65. The van der Waals surface area contributed by atoms with Crippen LogP contribution in [0.1, 0.15) is 19.8 Å². The summed E-state index contributed by atoms with van der Waals surface area (Å²) in [5.41, 5.74) is 1.39. The van der Waals surface area contributed by atoms with E-state index in [1.165, 1.54) is 0 Å². The van der Waals surface area contributed by atoms with Gasteiger partial charge < -0.3 is 10.6 Å². The predicted octanol–water partition coefficient (Wildman–Crippen LogP) is 2.09. The number of anilines is 1. The van der Waals surface area contributed by atoms with Crippen molar-refractivity contribution in [3.8, 4) is 0 Å². The van der Waals surface area contributed by atoms with Gasteiger partial charge in [0.1, 0.15) is 0 Å². The van der Waals surface area contributed by atoms with E-state index in [-0.39, 0.29) is 18.4 Å². The lowest BCUT2D eigenvalue weighted by Crippen LogP contribution is -2.32. The van der Waals surface area contributed by atoms with Crippen LogP contribution in [0.25, 0.3) is 10.9 Å². The number of pyridine rings is 1. The van der Waals surface area contributed by atoms with E-state index in [1.807, 2.05) is 31.2 Å². The van der Waals surface area contributed by atoms with Gasteiger partial charge in [-0.3, -0.25) is 14.6 Å². The zero-order valence-electron chi connectivity index (χ0n) is 11.3. The highest BCUT2D eigenvalue weighted by atomic mass is 16.2. The molecule has 2 rings (SSSR count). The minimum Gasteiger partial charge on any atom is -0.347 e. The van der Waals surface area contributed by atoms with Crippen molar-refractivity contribution in [3.63, 3.8) is 0 Å². The number of hydrogen-bond acceptors (Lipinski definition) is 3. The number of rotatable bonds is 5. The van der Waals surface area contributed by atoms with Crippen LogP contribution < -0.4 is 10.6 Å². The molecule has 0 radical (unpaired) electrons. The molecule has 2 amide bonds. The molecule has 0 aliphatic rings. The summed E-state index contributed by atoms with van der Waals surface area (Å²) in [6, 6.07) is 9.36. The first-order valence-corrected chi connectivity index (χ1v) is 6.61. The van der Waals surface area contributed by atoms with Crippen LogP contribution in [0.15, 0.2) is 36.5 Å². The summed E-state index contributed by atoms with van der Waals surface area (Å²) in [5.74, 6) is -0.369. The zero-order valence-corrected chi connectivity index (χ0v) is 11.3. The van der Waals surface area contributed by atoms with E-state index >= 15 is 0 Å². The number of benzene rings is 1. The molecular weight excluding hydrogens is 254 g/mol.